The number of amides is 1. The fourth-order valence-corrected chi connectivity index (χ4v) is 2.70. The maximum absolute atomic E-state index is 14.2. The molecule has 0 saturated carbocycles. The van der Waals surface area contributed by atoms with Crippen molar-refractivity contribution in [2.75, 3.05) is 5.32 Å². The fourth-order valence-electron chi connectivity index (χ4n) is 2.25. The molecule has 1 amide bonds. The lowest BCUT2D eigenvalue weighted by molar-refractivity contribution is -0.122. The Morgan fingerprint density at radius 1 is 1.27 bits per heavy atom. The standard InChI is InChI=1S/C18H14BrF2N3O2/c1-11(26-17-5-2-12(20)8-14(17)19)18(25)23-13-3-4-16(15(21)9-13)24-7-6-22-10-24/h2-11H,1H3,(H,23,25). The molecule has 0 spiro atoms. The van der Waals surface area contributed by atoms with Crippen LogP contribution in [0.4, 0.5) is 14.5 Å². The number of aromatic nitrogens is 2. The average molecular weight is 422 g/mol. The molecule has 3 rings (SSSR count). The molecule has 0 fully saturated rings. The Bertz CT molecular complexity index is 932. The van der Waals surface area contributed by atoms with E-state index in [-0.39, 0.29) is 0 Å². The van der Waals surface area contributed by atoms with Gasteiger partial charge in [-0.1, -0.05) is 0 Å². The molecule has 1 unspecified atom stereocenters. The van der Waals surface area contributed by atoms with Gasteiger partial charge in [-0.05, 0) is 59.3 Å². The molecule has 1 atom stereocenters. The molecule has 0 radical (unpaired) electrons. The van der Waals surface area contributed by atoms with E-state index in [1.165, 1.54) is 41.2 Å². The first-order chi connectivity index (χ1) is 12.4. The summed E-state index contributed by atoms with van der Waals surface area (Å²) in [6.07, 6.45) is 3.77. The van der Waals surface area contributed by atoms with Crippen molar-refractivity contribution in [3.8, 4) is 11.4 Å². The molecule has 1 heterocycles. The highest BCUT2D eigenvalue weighted by Crippen LogP contribution is 2.26. The normalized spacial score (nSPS) is 11.8. The Morgan fingerprint density at radius 2 is 2.08 bits per heavy atom. The first-order valence-electron chi connectivity index (χ1n) is 7.64. The molecule has 1 aromatic heterocycles. The molecule has 26 heavy (non-hydrogen) atoms. The lowest BCUT2D eigenvalue weighted by atomic mass is 10.2. The van der Waals surface area contributed by atoms with Crippen LogP contribution in [-0.4, -0.2) is 21.6 Å². The summed E-state index contributed by atoms with van der Waals surface area (Å²) in [5, 5.41) is 2.59. The molecule has 0 aliphatic carbocycles. The molecule has 2 aromatic carbocycles. The maximum Gasteiger partial charge on any atom is 0.265 e. The molecule has 0 bridgehead atoms. The third kappa shape index (κ3) is 4.08. The topological polar surface area (TPSA) is 56.1 Å². The second-order valence-electron chi connectivity index (χ2n) is 5.46. The van der Waals surface area contributed by atoms with Crippen LogP contribution >= 0.6 is 15.9 Å². The van der Waals surface area contributed by atoms with Crippen LogP contribution in [0.5, 0.6) is 5.75 Å². The number of anilines is 1. The number of ether oxygens (including phenoxy) is 1. The molecule has 134 valence electrons. The van der Waals surface area contributed by atoms with Crippen molar-refractivity contribution in [2.45, 2.75) is 13.0 Å². The Balaban J connectivity index is 1.68. The minimum Gasteiger partial charge on any atom is -0.480 e. The number of rotatable bonds is 5. The second kappa shape index (κ2) is 7.65. The van der Waals surface area contributed by atoms with E-state index in [0.29, 0.717) is 21.6 Å². The summed E-state index contributed by atoms with van der Waals surface area (Å²) in [5.41, 5.74) is 0.616. The molecule has 5 nitrogen and oxygen atoms in total. The lowest BCUT2D eigenvalue weighted by Gasteiger charge is -2.16. The Hall–Kier alpha value is -2.74. The number of hydrogen-bond acceptors (Lipinski definition) is 3. The van der Waals surface area contributed by atoms with E-state index in [4.69, 9.17) is 4.74 Å². The van der Waals surface area contributed by atoms with Crippen LogP contribution in [0, 0.1) is 11.6 Å². The lowest BCUT2D eigenvalue weighted by Crippen LogP contribution is -2.30. The van der Waals surface area contributed by atoms with Gasteiger partial charge in [-0.3, -0.25) is 4.79 Å². The highest BCUT2D eigenvalue weighted by Gasteiger charge is 2.17. The minimum absolute atomic E-state index is 0.296. The first kappa shape index (κ1) is 18.1. The van der Waals surface area contributed by atoms with Crippen molar-refractivity contribution in [3.05, 3.63) is 71.2 Å². The van der Waals surface area contributed by atoms with Crippen LogP contribution in [0.2, 0.25) is 0 Å². The molecular weight excluding hydrogens is 408 g/mol. The van der Waals surface area contributed by atoms with E-state index < -0.39 is 23.6 Å². The van der Waals surface area contributed by atoms with Gasteiger partial charge in [0.25, 0.3) is 5.91 Å². The van der Waals surface area contributed by atoms with Crippen LogP contribution in [0.15, 0.2) is 59.6 Å². The zero-order valence-electron chi connectivity index (χ0n) is 13.6. The maximum atomic E-state index is 14.2. The van der Waals surface area contributed by atoms with Gasteiger partial charge in [0.1, 0.15) is 17.4 Å². The Kier molecular flexibility index (Phi) is 5.32. The number of nitrogens with zero attached hydrogens (tertiary/aromatic N) is 2. The van der Waals surface area contributed by atoms with Gasteiger partial charge in [0, 0.05) is 18.1 Å². The molecule has 1 N–H and O–H groups in total. The number of imidazole rings is 1. The van der Waals surface area contributed by atoms with Gasteiger partial charge < -0.3 is 14.6 Å². The second-order valence-corrected chi connectivity index (χ2v) is 6.31. The van der Waals surface area contributed by atoms with E-state index in [1.54, 1.807) is 25.4 Å². The van der Waals surface area contributed by atoms with Gasteiger partial charge in [0.2, 0.25) is 0 Å². The summed E-state index contributed by atoms with van der Waals surface area (Å²) < 4.78 is 34.8. The number of nitrogens with one attached hydrogen (secondary N) is 1. The minimum atomic E-state index is -0.867. The molecule has 8 heteroatoms. The monoisotopic (exact) mass is 421 g/mol. The first-order valence-corrected chi connectivity index (χ1v) is 8.44. The van der Waals surface area contributed by atoms with Gasteiger partial charge >= 0.3 is 0 Å². The van der Waals surface area contributed by atoms with Crippen molar-refractivity contribution >= 4 is 27.5 Å². The summed E-state index contributed by atoms with van der Waals surface area (Å²) in [6, 6.07) is 8.22. The quantitative estimate of drug-likeness (QED) is 0.667. The van der Waals surface area contributed by atoms with Crippen LogP contribution in [-0.2, 0) is 4.79 Å². The molecule has 3 aromatic rings. The van der Waals surface area contributed by atoms with Crippen molar-refractivity contribution in [1.82, 2.24) is 9.55 Å². The number of hydrogen-bond donors (Lipinski definition) is 1. The fraction of sp³-hybridized carbons (Fsp3) is 0.111. The zero-order chi connectivity index (χ0) is 18.7. The van der Waals surface area contributed by atoms with Crippen LogP contribution in [0.25, 0.3) is 5.69 Å². The summed E-state index contributed by atoms with van der Waals surface area (Å²) in [5.74, 6) is -1.06. The summed E-state index contributed by atoms with van der Waals surface area (Å²) >= 11 is 3.17. The predicted octanol–water partition coefficient (Wildman–Crippen LogP) is 4.32. The van der Waals surface area contributed by atoms with Gasteiger partial charge in [-0.15, -0.1) is 0 Å². The summed E-state index contributed by atoms with van der Waals surface area (Å²) in [7, 11) is 0. The van der Waals surface area contributed by atoms with Gasteiger partial charge in [-0.2, -0.15) is 0 Å². The van der Waals surface area contributed by atoms with Gasteiger partial charge in [0.15, 0.2) is 6.10 Å². The van der Waals surface area contributed by atoms with Crippen molar-refractivity contribution < 1.29 is 18.3 Å². The highest BCUT2D eigenvalue weighted by atomic mass is 79.9. The van der Waals surface area contributed by atoms with Crippen molar-refractivity contribution in [2.24, 2.45) is 0 Å². The molecular formula is C18H14BrF2N3O2. The van der Waals surface area contributed by atoms with E-state index in [2.05, 4.69) is 26.2 Å². The van der Waals surface area contributed by atoms with E-state index in [9.17, 15) is 13.6 Å². The van der Waals surface area contributed by atoms with E-state index >= 15 is 0 Å². The third-order valence-corrected chi connectivity index (χ3v) is 4.18. The third-order valence-electron chi connectivity index (χ3n) is 3.56. The zero-order valence-corrected chi connectivity index (χ0v) is 15.2. The van der Waals surface area contributed by atoms with Crippen molar-refractivity contribution in [3.63, 3.8) is 0 Å². The number of carbonyl (C=O) groups excluding carboxylic acids is 1. The largest absolute Gasteiger partial charge is 0.480 e. The SMILES string of the molecule is CC(Oc1ccc(F)cc1Br)C(=O)Nc1ccc(-n2ccnc2)c(F)c1. The number of benzene rings is 2. The highest BCUT2D eigenvalue weighted by molar-refractivity contribution is 9.10. The van der Waals surface area contributed by atoms with Gasteiger partial charge in [-0.25, -0.2) is 13.8 Å². The van der Waals surface area contributed by atoms with E-state index in [1.807, 2.05) is 0 Å². The number of halogens is 3. The number of carbonyl (C=O) groups is 1. The Morgan fingerprint density at radius 3 is 2.73 bits per heavy atom. The predicted molar refractivity (Wildman–Crippen MR) is 96.3 cm³/mol. The Labute approximate surface area is 156 Å². The summed E-state index contributed by atoms with van der Waals surface area (Å²) in [6.45, 7) is 1.54. The van der Waals surface area contributed by atoms with E-state index in [0.717, 1.165) is 0 Å². The van der Waals surface area contributed by atoms with Crippen LogP contribution in [0.3, 0.4) is 0 Å². The molecule has 0 saturated heterocycles. The van der Waals surface area contributed by atoms with Crippen LogP contribution < -0.4 is 10.1 Å². The average Bonchev–Trinajstić information content (AvgIpc) is 3.11. The molecule has 0 aliphatic rings. The molecule has 0 aliphatic heterocycles. The smallest absolute Gasteiger partial charge is 0.265 e. The summed E-state index contributed by atoms with van der Waals surface area (Å²) in [4.78, 5) is 16.1. The van der Waals surface area contributed by atoms with Crippen molar-refractivity contribution in [1.29, 1.82) is 0 Å². The van der Waals surface area contributed by atoms with Crippen LogP contribution in [0.1, 0.15) is 6.92 Å². The van der Waals surface area contributed by atoms with Gasteiger partial charge in [0.05, 0.1) is 16.5 Å².